The minimum absolute atomic E-state index is 0.109. The summed E-state index contributed by atoms with van der Waals surface area (Å²) in [7, 11) is -2.65. The Morgan fingerprint density at radius 2 is 1.65 bits per heavy atom. The number of benzene rings is 2. The Balaban J connectivity index is 2.23. The molecule has 0 fully saturated rings. The van der Waals surface area contributed by atoms with Crippen molar-refractivity contribution in [2.24, 2.45) is 0 Å². The predicted octanol–water partition coefficient (Wildman–Crippen LogP) is 3.91. The van der Waals surface area contributed by atoms with E-state index in [4.69, 9.17) is 0 Å². The molecule has 0 aliphatic rings. The fourth-order valence-corrected chi connectivity index (χ4v) is 3.40. The van der Waals surface area contributed by atoms with Crippen LogP contribution in [0.5, 0.6) is 0 Å². The van der Waals surface area contributed by atoms with Gasteiger partial charge in [-0.25, -0.2) is 17.2 Å². The van der Waals surface area contributed by atoms with Gasteiger partial charge in [-0.05, 0) is 29.2 Å². The van der Waals surface area contributed by atoms with Gasteiger partial charge in [0.1, 0.15) is 16.5 Å². The van der Waals surface area contributed by atoms with Crippen molar-refractivity contribution in [2.75, 3.05) is 7.05 Å². The summed E-state index contributed by atoms with van der Waals surface area (Å²) in [6.07, 6.45) is 0. The van der Waals surface area contributed by atoms with Crippen molar-refractivity contribution in [1.29, 1.82) is 0 Å². The Morgan fingerprint density at radius 3 is 2.17 bits per heavy atom. The molecule has 0 heterocycles. The molecule has 0 radical (unpaired) electrons. The maximum atomic E-state index is 13.7. The molecule has 0 aliphatic heterocycles. The second-order valence-electron chi connectivity index (χ2n) is 5.73. The van der Waals surface area contributed by atoms with Gasteiger partial charge >= 0.3 is 0 Å². The number of halogens is 2. The third-order valence-corrected chi connectivity index (χ3v) is 5.47. The summed E-state index contributed by atoms with van der Waals surface area (Å²) in [4.78, 5) is -0.528. The fourth-order valence-electron chi connectivity index (χ4n) is 2.20. The lowest BCUT2D eigenvalue weighted by atomic mass is 10.0. The first-order valence-corrected chi connectivity index (χ1v) is 8.66. The minimum atomic E-state index is -4.02. The Morgan fingerprint density at radius 1 is 1.04 bits per heavy atom. The smallest absolute Gasteiger partial charge is 0.207 e. The third kappa shape index (κ3) is 3.95. The quantitative estimate of drug-likeness (QED) is 0.828. The molecule has 2 rings (SSSR count). The lowest BCUT2D eigenvalue weighted by molar-refractivity contribution is 0.458. The highest BCUT2D eigenvalue weighted by Gasteiger charge is 2.24. The molecular weight excluding hydrogens is 320 g/mol. The molecule has 0 amide bonds. The molecule has 0 spiro atoms. The average molecular weight is 339 g/mol. The highest BCUT2D eigenvalue weighted by atomic mass is 32.2. The van der Waals surface area contributed by atoms with Gasteiger partial charge in [-0.15, -0.1) is 0 Å². The van der Waals surface area contributed by atoms with E-state index in [0.717, 1.165) is 27.6 Å². The number of sulfonamides is 1. The summed E-state index contributed by atoms with van der Waals surface area (Å²) in [6, 6.07) is 10.0. The first-order chi connectivity index (χ1) is 10.7. The number of hydrogen-bond donors (Lipinski definition) is 0. The van der Waals surface area contributed by atoms with Gasteiger partial charge in [0.05, 0.1) is 0 Å². The summed E-state index contributed by atoms with van der Waals surface area (Å²) in [6.45, 7) is 4.25. The van der Waals surface area contributed by atoms with E-state index in [-0.39, 0.29) is 6.54 Å². The maximum Gasteiger partial charge on any atom is 0.246 e. The summed E-state index contributed by atoms with van der Waals surface area (Å²) in [5.41, 5.74) is 1.95. The van der Waals surface area contributed by atoms with Crippen molar-refractivity contribution >= 4 is 10.0 Å². The van der Waals surface area contributed by atoms with E-state index in [1.54, 1.807) is 0 Å². The Kier molecular flexibility index (Phi) is 5.16. The van der Waals surface area contributed by atoms with Crippen molar-refractivity contribution in [3.63, 3.8) is 0 Å². The van der Waals surface area contributed by atoms with Crippen LogP contribution in [0.15, 0.2) is 47.4 Å². The van der Waals surface area contributed by atoms with E-state index in [1.807, 2.05) is 24.3 Å². The molecule has 0 saturated carbocycles. The van der Waals surface area contributed by atoms with Gasteiger partial charge in [0.2, 0.25) is 10.0 Å². The first-order valence-electron chi connectivity index (χ1n) is 7.22. The van der Waals surface area contributed by atoms with E-state index in [0.29, 0.717) is 12.0 Å². The predicted molar refractivity (Wildman–Crippen MR) is 85.5 cm³/mol. The standard InChI is InChI=1S/C17H19F2NO2S/c1-12(2)14-6-4-13(5-7-14)11-20(3)23(21,22)17-9-8-15(18)10-16(17)19/h4-10,12H,11H2,1-3H3. The average Bonchev–Trinajstić information content (AvgIpc) is 2.47. The number of hydrogen-bond acceptors (Lipinski definition) is 2. The van der Waals surface area contributed by atoms with Crippen LogP contribution >= 0.6 is 0 Å². The van der Waals surface area contributed by atoms with Crippen LogP contribution in [0.4, 0.5) is 8.78 Å². The number of rotatable bonds is 5. The molecule has 0 saturated heterocycles. The lowest BCUT2D eigenvalue weighted by Crippen LogP contribution is -2.27. The van der Waals surface area contributed by atoms with E-state index in [9.17, 15) is 17.2 Å². The zero-order valence-electron chi connectivity index (χ0n) is 13.3. The molecule has 124 valence electrons. The van der Waals surface area contributed by atoms with Gasteiger partial charge in [0.15, 0.2) is 0 Å². The van der Waals surface area contributed by atoms with Crippen LogP contribution < -0.4 is 0 Å². The van der Waals surface area contributed by atoms with E-state index >= 15 is 0 Å². The van der Waals surface area contributed by atoms with Gasteiger partial charge < -0.3 is 0 Å². The molecular formula is C17H19F2NO2S. The Hall–Kier alpha value is -1.79. The molecule has 2 aromatic rings. The first kappa shape index (κ1) is 17.6. The van der Waals surface area contributed by atoms with Crippen molar-refractivity contribution in [2.45, 2.75) is 31.2 Å². The van der Waals surface area contributed by atoms with Crippen LogP contribution in [0.3, 0.4) is 0 Å². The highest BCUT2D eigenvalue weighted by Crippen LogP contribution is 2.21. The molecule has 6 heteroatoms. The monoisotopic (exact) mass is 339 g/mol. The third-order valence-electron chi connectivity index (χ3n) is 3.63. The summed E-state index contributed by atoms with van der Waals surface area (Å²) < 4.78 is 52.5. The zero-order valence-corrected chi connectivity index (χ0v) is 14.1. The number of nitrogens with zero attached hydrogens (tertiary/aromatic N) is 1. The Labute approximate surface area is 135 Å². The van der Waals surface area contributed by atoms with Crippen LogP contribution in [0.2, 0.25) is 0 Å². The van der Waals surface area contributed by atoms with E-state index in [2.05, 4.69) is 13.8 Å². The van der Waals surface area contributed by atoms with Crippen LogP contribution in [0.1, 0.15) is 30.9 Å². The molecule has 0 atom stereocenters. The van der Waals surface area contributed by atoms with Gasteiger partial charge in [-0.3, -0.25) is 0 Å². The second-order valence-corrected chi connectivity index (χ2v) is 7.75. The van der Waals surface area contributed by atoms with Crippen LogP contribution in [0.25, 0.3) is 0 Å². The molecule has 0 aliphatic carbocycles. The molecule has 0 bridgehead atoms. The molecule has 0 unspecified atom stereocenters. The molecule has 23 heavy (non-hydrogen) atoms. The van der Waals surface area contributed by atoms with Crippen LogP contribution in [-0.2, 0) is 16.6 Å². The van der Waals surface area contributed by atoms with E-state index in [1.165, 1.54) is 7.05 Å². The fraction of sp³-hybridized carbons (Fsp3) is 0.294. The lowest BCUT2D eigenvalue weighted by Gasteiger charge is -2.18. The molecule has 0 aromatic heterocycles. The minimum Gasteiger partial charge on any atom is -0.207 e. The van der Waals surface area contributed by atoms with Crippen LogP contribution in [0, 0.1) is 11.6 Å². The zero-order chi connectivity index (χ0) is 17.2. The molecule has 2 aromatic carbocycles. The van der Waals surface area contributed by atoms with Gasteiger partial charge in [0.25, 0.3) is 0 Å². The van der Waals surface area contributed by atoms with Crippen molar-refractivity contribution in [3.8, 4) is 0 Å². The highest BCUT2D eigenvalue weighted by molar-refractivity contribution is 7.89. The topological polar surface area (TPSA) is 37.4 Å². The van der Waals surface area contributed by atoms with Gasteiger partial charge in [-0.2, -0.15) is 4.31 Å². The summed E-state index contributed by atoms with van der Waals surface area (Å²) in [5.74, 6) is -1.51. The van der Waals surface area contributed by atoms with Crippen LogP contribution in [-0.4, -0.2) is 19.8 Å². The summed E-state index contributed by atoms with van der Waals surface area (Å²) in [5, 5.41) is 0. The van der Waals surface area contributed by atoms with Gasteiger partial charge in [-0.1, -0.05) is 38.1 Å². The maximum absolute atomic E-state index is 13.7. The largest absolute Gasteiger partial charge is 0.246 e. The van der Waals surface area contributed by atoms with Crippen molar-refractivity contribution < 1.29 is 17.2 Å². The molecule has 0 N–H and O–H groups in total. The SMILES string of the molecule is CC(C)c1ccc(CN(C)S(=O)(=O)c2ccc(F)cc2F)cc1. The van der Waals surface area contributed by atoms with Crippen molar-refractivity contribution in [3.05, 3.63) is 65.2 Å². The second kappa shape index (κ2) is 6.76. The molecule has 3 nitrogen and oxygen atoms in total. The normalized spacial score (nSPS) is 12.1. The van der Waals surface area contributed by atoms with Gasteiger partial charge in [0, 0.05) is 19.7 Å². The van der Waals surface area contributed by atoms with E-state index < -0.39 is 26.6 Å². The summed E-state index contributed by atoms with van der Waals surface area (Å²) >= 11 is 0. The Bertz CT molecular complexity index is 787. The van der Waals surface area contributed by atoms with Crippen molar-refractivity contribution in [1.82, 2.24) is 4.31 Å².